The van der Waals surface area contributed by atoms with E-state index in [4.69, 9.17) is 5.26 Å². The van der Waals surface area contributed by atoms with E-state index < -0.39 is 0 Å². The average Bonchev–Trinajstić information content (AvgIpc) is 2.03. The Balaban J connectivity index is 2.71. The fourth-order valence-electron chi connectivity index (χ4n) is 0.713. The van der Waals surface area contributed by atoms with Crippen molar-refractivity contribution in [2.75, 3.05) is 0 Å². The molecule has 3 heteroatoms. The van der Waals surface area contributed by atoms with Crippen LogP contribution in [-0.4, -0.2) is 0 Å². The lowest BCUT2D eigenvalue weighted by atomic mass is 10.2. The smallest absolute Gasteiger partial charge is 0.145 e. The lowest BCUT2D eigenvalue weighted by Gasteiger charge is -1.98. The van der Waals surface area contributed by atoms with Gasteiger partial charge in [-0.2, -0.15) is 5.26 Å². The lowest BCUT2D eigenvalue weighted by molar-refractivity contribution is 1.31. The van der Waals surface area contributed by atoms with E-state index in [1.807, 2.05) is 36.6 Å². The fraction of sp³-hybridized carbons (Fsp3) is 0.125. The summed E-state index contributed by atoms with van der Waals surface area (Å²) in [6, 6.07) is 8.04. The molecular formula is C8H7NS2. The molecular weight excluding hydrogens is 174 g/mol. The van der Waals surface area contributed by atoms with Crippen LogP contribution in [0.1, 0.15) is 5.56 Å². The van der Waals surface area contributed by atoms with Crippen LogP contribution in [0.15, 0.2) is 29.2 Å². The van der Waals surface area contributed by atoms with Gasteiger partial charge in [0.2, 0.25) is 0 Å². The van der Waals surface area contributed by atoms with Crippen LogP contribution in [0.25, 0.3) is 0 Å². The first kappa shape index (κ1) is 8.51. The molecule has 1 rings (SSSR count). The summed E-state index contributed by atoms with van der Waals surface area (Å²) in [5, 5.41) is 10.3. The predicted molar refractivity (Wildman–Crippen MR) is 50.2 cm³/mol. The summed E-state index contributed by atoms with van der Waals surface area (Å²) in [6.45, 7) is 2.04. The molecule has 0 aliphatic rings. The van der Waals surface area contributed by atoms with Gasteiger partial charge in [-0.15, -0.1) is 0 Å². The number of hydrogen-bond acceptors (Lipinski definition) is 3. The van der Waals surface area contributed by atoms with E-state index in [1.165, 1.54) is 32.0 Å². The Morgan fingerprint density at radius 1 is 1.36 bits per heavy atom. The van der Waals surface area contributed by atoms with Crippen LogP contribution in [0.4, 0.5) is 0 Å². The highest BCUT2D eigenvalue weighted by molar-refractivity contribution is 8.78. The van der Waals surface area contributed by atoms with Crippen LogP contribution in [0.2, 0.25) is 0 Å². The van der Waals surface area contributed by atoms with Crippen LogP contribution in [0, 0.1) is 17.6 Å². The third-order valence-corrected chi connectivity index (χ3v) is 3.07. The molecule has 0 amide bonds. The van der Waals surface area contributed by atoms with Crippen LogP contribution in [0.5, 0.6) is 0 Å². The highest BCUT2D eigenvalue weighted by Crippen LogP contribution is 2.31. The third-order valence-electron chi connectivity index (χ3n) is 1.26. The Hall–Kier alpha value is -0.590. The maximum atomic E-state index is 8.31. The summed E-state index contributed by atoms with van der Waals surface area (Å²) in [6.07, 6.45) is 0. The molecule has 0 unspecified atom stereocenters. The van der Waals surface area contributed by atoms with Gasteiger partial charge >= 0.3 is 0 Å². The molecule has 0 bridgehead atoms. The van der Waals surface area contributed by atoms with Gasteiger partial charge in [0.05, 0.1) is 0 Å². The normalized spacial score (nSPS) is 9.09. The van der Waals surface area contributed by atoms with E-state index in [0.717, 1.165) is 0 Å². The standard InChI is InChI=1S/C8H7NS2/c1-7-4-2-3-5-8(7)11-10-6-9/h2-5H,1H3. The fourth-order valence-corrected chi connectivity index (χ4v) is 2.12. The lowest BCUT2D eigenvalue weighted by Crippen LogP contribution is -1.73. The van der Waals surface area contributed by atoms with E-state index >= 15 is 0 Å². The molecule has 0 saturated carbocycles. The van der Waals surface area contributed by atoms with Crippen molar-refractivity contribution < 1.29 is 0 Å². The Labute approximate surface area is 74.2 Å². The van der Waals surface area contributed by atoms with Gasteiger partial charge in [-0.3, -0.25) is 0 Å². The molecule has 0 spiro atoms. The molecule has 0 fully saturated rings. The van der Waals surface area contributed by atoms with E-state index in [9.17, 15) is 0 Å². The molecule has 0 atom stereocenters. The van der Waals surface area contributed by atoms with Gasteiger partial charge in [0.1, 0.15) is 5.40 Å². The topological polar surface area (TPSA) is 23.8 Å². The Morgan fingerprint density at radius 2 is 2.09 bits per heavy atom. The third kappa shape index (κ3) is 2.49. The van der Waals surface area contributed by atoms with E-state index in [0.29, 0.717) is 0 Å². The molecule has 0 N–H and O–H groups in total. The van der Waals surface area contributed by atoms with E-state index in [2.05, 4.69) is 0 Å². The number of benzene rings is 1. The second-order valence-corrected chi connectivity index (χ2v) is 3.98. The van der Waals surface area contributed by atoms with Gasteiger partial charge in [-0.05, 0) is 29.3 Å². The van der Waals surface area contributed by atoms with Crippen molar-refractivity contribution in [3.8, 4) is 5.40 Å². The van der Waals surface area contributed by atoms with Crippen molar-refractivity contribution in [1.29, 1.82) is 5.26 Å². The van der Waals surface area contributed by atoms with Crippen LogP contribution in [0.3, 0.4) is 0 Å². The molecule has 0 aliphatic carbocycles. The van der Waals surface area contributed by atoms with Gasteiger partial charge < -0.3 is 0 Å². The summed E-state index contributed by atoms with van der Waals surface area (Å²) >= 11 is 0. The van der Waals surface area contributed by atoms with Gasteiger partial charge in [0.25, 0.3) is 0 Å². The summed E-state index contributed by atoms with van der Waals surface area (Å²) in [7, 11) is 2.70. The SMILES string of the molecule is Cc1ccccc1SSC#N. The monoisotopic (exact) mass is 181 g/mol. The summed E-state index contributed by atoms with van der Waals surface area (Å²) in [4.78, 5) is 1.17. The largest absolute Gasteiger partial charge is 0.184 e. The summed E-state index contributed by atoms with van der Waals surface area (Å²) in [5.41, 5.74) is 1.22. The maximum absolute atomic E-state index is 8.31. The van der Waals surface area contributed by atoms with Crippen LogP contribution < -0.4 is 0 Å². The Kier molecular flexibility index (Phi) is 3.34. The molecule has 0 heterocycles. The average molecular weight is 181 g/mol. The molecule has 1 aromatic rings. The first-order chi connectivity index (χ1) is 5.34. The van der Waals surface area contributed by atoms with Crippen molar-refractivity contribution in [2.45, 2.75) is 11.8 Å². The highest BCUT2D eigenvalue weighted by atomic mass is 33.1. The molecule has 0 saturated heterocycles. The first-order valence-corrected chi connectivity index (χ1v) is 5.28. The number of nitriles is 1. The minimum absolute atomic E-state index is 1.17. The van der Waals surface area contributed by atoms with Gasteiger partial charge in [-0.25, -0.2) is 0 Å². The van der Waals surface area contributed by atoms with Crippen molar-refractivity contribution in [3.63, 3.8) is 0 Å². The molecule has 11 heavy (non-hydrogen) atoms. The summed E-state index contributed by atoms with van der Waals surface area (Å²) < 4.78 is 0. The molecule has 0 aromatic heterocycles. The minimum Gasteiger partial charge on any atom is -0.184 e. The molecule has 0 radical (unpaired) electrons. The second-order valence-electron chi connectivity index (χ2n) is 2.02. The quantitative estimate of drug-likeness (QED) is 0.517. The second kappa shape index (κ2) is 4.32. The molecule has 1 aromatic carbocycles. The zero-order valence-corrected chi connectivity index (χ0v) is 7.71. The van der Waals surface area contributed by atoms with Crippen molar-refractivity contribution in [1.82, 2.24) is 0 Å². The van der Waals surface area contributed by atoms with Gasteiger partial charge in [0, 0.05) is 15.7 Å². The number of hydrogen-bond donors (Lipinski definition) is 0. The number of nitrogens with zero attached hydrogens (tertiary/aromatic N) is 1. The Morgan fingerprint density at radius 3 is 2.73 bits per heavy atom. The van der Waals surface area contributed by atoms with Crippen LogP contribution >= 0.6 is 21.6 Å². The zero-order valence-electron chi connectivity index (χ0n) is 6.07. The first-order valence-electron chi connectivity index (χ1n) is 3.13. The van der Waals surface area contributed by atoms with Gasteiger partial charge in [0.15, 0.2) is 0 Å². The van der Waals surface area contributed by atoms with Gasteiger partial charge in [-0.1, -0.05) is 18.2 Å². The number of aryl methyl sites for hydroxylation is 1. The number of rotatable bonds is 2. The summed E-state index contributed by atoms with van der Waals surface area (Å²) in [5.74, 6) is 0. The van der Waals surface area contributed by atoms with Crippen LogP contribution in [-0.2, 0) is 0 Å². The highest BCUT2D eigenvalue weighted by Gasteiger charge is 1.95. The van der Waals surface area contributed by atoms with E-state index in [-0.39, 0.29) is 0 Å². The molecule has 56 valence electrons. The van der Waals surface area contributed by atoms with E-state index in [1.54, 1.807) is 0 Å². The predicted octanol–water partition coefficient (Wildman–Crippen LogP) is 3.22. The number of thiocyanates is 1. The van der Waals surface area contributed by atoms with Crippen molar-refractivity contribution >= 4 is 21.6 Å². The van der Waals surface area contributed by atoms with Crippen molar-refractivity contribution in [3.05, 3.63) is 29.8 Å². The zero-order chi connectivity index (χ0) is 8.10. The maximum Gasteiger partial charge on any atom is 0.145 e. The Bertz CT molecular complexity index is 278. The van der Waals surface area contributed by atoms with Crippen molar-refractivity contribution in [2.24, 2.45) is 0 Å². The minimum atomic E-state index is 1.17. The molecule has 1 nitrogen and oxygen atoms in total. The molecule has 0 aliphatic heterocycles.